The molecular formula is C10H15AlCl2. The summed E-state index contributed by atoms with van der Waals surface area (Å²) >= 11 is -1.03. The van der Waals surface area contributed by atoms with E-state index in [9.17, 15) is 0 Å². The predicted molar refractivity (Wildman–Crippen MR) is 64.1 cm³/mol. The third-order valence-corrected chi connectivity index (χ3v) is 6.28. The van der Waals surface area contributed by atoms with Crippen LogP contribution in [-0.2, 0) is 5.28 Å². The lowest BCUT2D eigenvalue weighted by Gasteiger charge is -2.06. The van der Waals surface area contributed by atoms with Crippen molar-refractivity contribution in [2.45, 2.75) is 23.9 Å². The molecule has 0 saturated carbocycles. The van der Waals surface area contributed by atoms with E-state index in [0.29, 0.717) is 4.78 Å². The number of hydrogen-bond donors (Lipinski definition) is 0. The molecule has 0 heterocycles. The molecule has 0 radical (unpaired) electrons. The fraction of sp³-hybridized carbons (Fsp3) is 0.400. The maximum absolute atomic E-state index is 6.29. The molecule has 0 aliphatic carbocycles. The van der Waals surface area contributed by atoms with E-state index in [1.165, 1.54) is 5.56 Å². The van der Waals surface area contributed by atoms with Gasteiger partial charge in [-0.3, -0.25) is 10.0 Å². The first kappa shape index (κ1) is 13.3. The molecule has 0 spiro atoms. The molecule has 0 fully saturated rings. The van der Waals surface area contributed by atoms with E-state index in [0.717, 1.165) is 5.28 Å². The Kier molecular flexibility index (Phi) is 6.91. The minimum absolute atomic E-state index is 0. The molecule has 0 N–H and O–H groups in total. The van der Waals surface area contributed by atoms with E-state index in [4.69, 9.17) is 10.0 Å². The molecule has 0 aliphatic rings. The fourth-order valence-corrected chi connectivity index (χ4v) is 2.80. The summed E-state index contributed by atoms with van der Waals surface area (Å²) in [6, 6.07) is 10.5. The van der Waals surface area contributed by atoms with Gasteiger partial charge in [0.15, 0.2) is 0 Å². The van der Waals surface area contributed by atoms with Gasteiger partial charge in [0.05, 0.1) is 0 Å². The van der Waals surface area contributed by atoms with Crippen LogP contribution in [0.1, 0.15) is 19.4 Å². The Balaban J connectivity index is 0.00000144. The van der Waals surface area contributed by atoms with Gasteiger partial charge >= 0.3 is 13.2 Å². The first-order valence-corrected chi connectivity index (χ1v) is 7.61. The molecular weight excluding hydrogens is 218 g/mol. The van der Waals surface area contributed by atoms with Gasteiger partial charge in [0, 0.05) is 0 Å². The van der Waals surface area contributed by atoms with Crippen LogP contribution < -0.4 is 0 Å². The second-order valence-electron chi connectivity index (χ2n) is 3.45. The van der Waals surface area contributed by atoms with Gasteiger partial charge in [0.2, 0.25) is 0 Å². The lowest BCUT2D eigenvalue weighted by atomic mass is 10.2. The topological polar surface area (TPSA) is 0 Å². The Morgan fingerprint density at radius 1 is 1.23 bits per heavy atom. The summed E-state index contributed by atoms with van der Waals surface area (Å²) in [5, 5.41) is 1.11. The van der Waals surface area contributed by atoms with Crippen LogP contribution in [0.3, 0.4) is 0 Å². The Hall–Kier alpha value is 0.332. The highest BCUT2D eigenvalue weighted by Crippen LogP contribution is 2.15. The zero-order valence-corrected chi connectivity index (χ0v) is 10.8. The van der Waals surface area contributed by atoms with Gasteiger partial charge in [-0.15, -0.1) is 12.4 Å². The van der Waals surface area contributed by atoms with Gasteiger partial charge in [0.25, 0.3) is 0 Å². The Labute approximate surface area is 95.3 Å². The van der Waals surface area contributed by atoms with Crippen molar-refractivity contribution in [2.75, 3.05) is 0 Å². The molecule has 1 aromatic carbocycles. The third kappa shape index (κ3) is 4.94. The van der Waals surface area contributed by atoms with E-state index in [-0.39, 0.29) is 12.4 Å². The molecule has 0 unspecified atom stereocenters. The second-order valence-corrected chi connectivity index (χ2v) is 7.91. The van der Waals surface area contributed by atoms with Gasteiger partial charge in [-0.25, -0.2) is 0 Å². The average Bonchev–Trinajstić information content (AvgIpc) is 2.06. The van der Waals surface area contributed by atoms with Crippen molar-refractivity contribution < 1.29 is 0 Å². The standard InChI is InChI=1S/C7H7.C3H7.Al.2ClH/c1-7-5-3-2-4-6-7;1-3-2;;;/h2-6H,1H2;3H,1-2H3;;2*1H/q;;+1;;/p-1. The minimum Gasteiger partial charge on any atom is -0.260 e. The lowest BCUT2D eigenvalue weighted by Crippen LogP contribution is -2.12. The highest BCUT2D eigenvalue weighted by Gasteiger charge is 2.19. The van der Waals surface area contributed by atoms with Gasteiger partial charge in [-0.2, -0.15) is 0 Å². The van der Waals surface area contributed by atoms with Crippen LogP contribution in [0, 0.1) is 0 Å². The highest BCUT2D eigenvalue weighted by atomic mass is 35.6. The molecule has 0 bridgehead atoms. The van der Waals surface area contributed by atoms with Crippen LogP contribution in [0.5, 0.6) is 0 Å². The van der Waals surface area contributed by atoms with Crippen molar-refractivity contribution in [3.8, 4) is 0 Å². The van der Waals surface area contributed by atoms with Gasteiger partial charge in [-0.1, -0.05) is 59.8 Å². The summed E-state index contributed by atoms with van der Waals surface area (Å²) in [6.07, 6.45) is 0. The second kappa shape index (κ2) is 6.74. The zero-order chi connectivity index (χ0) is 8.97. The van der Waals surface area contributed by atoms with E-state index >= 15 is 0 Å². The van der Waals surface area contributed by atoms with E-state index in [2.05, 4.69) is 38.1 Å². The average molecular weight is 233 g/mol. The molecule has 72 valence electrons. The molecule has 0 atom stereocenters. The normalized spacial score (nSPS) is 9.54. The van der Waals surface area contributed by atoms with Crippen molar-refractivity contribution in [2.24, 2.45) is 0 Å². The monoisotopic (exact) mass is 232 g/mol. The largest absolute Gasteiger partial charge is 0.406 e. The van der Waals surface area contributed by atoms with Crippen LogP contribution in [0.15, 0.2) is 30.3 Å². The molecule has 1 rings (SSSR count). The van der Waals surface area contributed by atoms with Gasteiger partial charge < -0.3 is 0 Å². The highest BCUT2D eigenvalue weighted by molar-refractivity contribution is 7.07. The zero-order valence-electron chi connectivity index (χ0n) is 8.03. The Bertz CT molecular complexity index is 224. The number of hydrogen-bond acceptors (Lipinski definition) is 0. The summed E-state index contributed by atoms with van der Waals surface area (Å²) in [5.41, 5.74) is 1.39. The SMILES string of the molecule is C[CH](C)[Al]([Cl])[CH2]c1ccccc1.Cl. The van der Waals surface area contributed by atoms with Crippen molar-refractivity contribution in [3.05, 3.63) is 35.9 Å². The first-order valence-electron chi connectivity index (χ1n) is 4.38. The van der Waals surface area contributed by atoms with E-state index < -0.39 is 13.2 Å². The number of rotatable bonds is 3. The van der Waals surface area contributed by atoms with Crippen LogP contribution >= 0.6 is 22.5 Å². The van der Waals surface area contributed by atoms with Crippen molar-refractivity contribution >= 4 is 35.7 Å². The Morgan fingerprint density at radius 2 is 1.77 bits per heavy atom. The third-order valence-electron chi connectivity index (χ3n) is 2.00. The molecule has 13 heavy (non-hydrogen) atoms. The maximum atomic E-state index is 6.29. The lowest BCUT2D eigenvalue weighted by molar-refractivity contribution is 1.04. The van der Waals surface area contributed by atoms with Crippen molar-refractivity contribution in [1.82, 2.24) is 0 Å². The molecule has 0 nitrogen and oxygen atoms in total. The molecule has 3 heteroatoms. The molecule has 0 saturated heterocycles. The number of benzene rings is 1. The van der Waals surface area contributed by atoms with E-state index in [1.54, 1.807) is 0 Å². The maximum Gasteiger partial charge on any atom is 0.406 e. The van der Waals surface area contributed by atoms with Crippen LogP contribution in [0.2, 0.25) is 4.78 Å². The Morgan fingerprint density at radius 3 is 2.23 bits per heavy atom. The first-order chi connectivity index (χ1) is 5.70. The smallest absolute Gasteiger partial charge is 0.260 e. The molecule has 1 aromatic rings. The van der Waals surface area contributed by atoms with Gasteiger partial charge in [-0.05, 0) is 0 Å². The summed E-state index contributed by atoms with van der Waals surface area (Å²) < 4.78 is 0.687. The predicted octanol–water partition coefficient (Wildman–Crippen LogP) is 3.83. The quantitative estimate of drug-likeness (QED) is 0.696. The summed E-state index contributed by atoms with van der Waals surface area (Å²) in [7, 11) is 6.29. The molecule has 0 aromatic heterocycles. The summed E-state index contributed by atoms with van der Waals surface area (Å²) in [4.78, 5) is 0. The summed E-state index contributed by atoms with van der Waals surface area (Å²) in [5.74, 6) is 0. The van der Waals surface area contributed by atoms with E-state index in [1.807, 2.05) is 6.07 Å². The fourth-order valence-electron chi connectivity index (χ4n) is 1.07. The van der Waals surface area contributed by atoms with Crippen molar-refractivity contribution in [3.63, 3.8) is 0 Å². The van der Waals surface area contributed by atoms with Crippen LogP contribution in [0.4, 0.5) is 0 Å². The number of halogens is 2. The molecule has 0 amide bonds. The molecule has 0 aliphatic heterocycles. The van der Waals surface area contributed by atoms with Crippen LogP contribution in [0.25, 0.3) is 0 Å². The van der Waals surface area contributed by atoms with Crippen LogP contribution in [-0.4, -0.2) is 13.2 Å². The summed E-state index contributed by atoms with van der Waals surface area (Å²) in [6.45, 7) is 4.43. The minimum atomic E-state index is -1.03. The van der Waals surface area contributed by atoms with Gasteiger partial charge in [0.1, 0.15) is 0 Å². The van der Waals surface area contributed by atoms with Crippen molar-refractivity contribution in [1.29, 1.82) is 0 Å².